The van der Waals surface area contributed by atoms with Gasteiger partial charge in [0.15, 0.2) is 0 Å². The van der Waals surface area contributed by atoms with Gasteiger partial charge in [0.25, 0.3) is 0 Å². The molecule has 0 amide bonds. The zero-order chi connectivity index (χ0) is 18.5. The number of allylic oxidation sites excluding steroid dienone is 4. The van der Waals surface area contributed by atoms with Crippen LogP contribution in [0.2, 0.25) is 0 Å². The SMILES string of the molecule is Cc1ccc(C)c(-c2cccc3cccnc23)c1C1=C2C=CC=C2S[CH]1[Cr+2].[Cl-].[Cl-]. The third-order valence-corrected chi connectivity index (χ3v) is 7.21. The molecule has 0 fully saturated rings. The van der Waals surface area contributed by atoms with Gasteiger partial charge < -0.3 is 24.8 Å². The summed E-state index contributed by atoms with van der Waals surface area (Å²) in [7, 11) is 0. The van der Waals surface area contributed by atoms with Crippen molar-refractivity contribution < 1.29 is 41.1 Å². The van der Waals surface area contributed by atoms with Gasteiger partial charge in [0, 0.05) is 0 Å². The van der Waals surface area contributed by atoms with E-state index in [1.165, 1.54) is 49.3 Å². The van der Waals surface area contributed by atoms with Gasteiger partial charge in [-0.05, 0) is 0 Å². The maximum absolute atomic E-state index is 4.73. The third kappa shape index (κ3) is 3.61. The van der Waals surface area contributed by atoms with Crippen LogP contribution in [0.1, 0.15) is 16.7 Å². The fourth-order valence-corrected chi connectivity index (χ4v) is 6.02. The number of pyridine rings is 1. The van der Waals surface area contributed by atoms with Crippen LogP contribution < -0.4 is 24.8 Å². The second-order valence-electron chi connectivity index (χ2n) is 7.00. The van der Waals surface area contributed by atoms with Crippen molar-refractivity contribution in [2.24, 2.45) is 0 Å². The molecule has 0 spiro atoms. The summed E-state index contributed by atoms with van der Waals surface area (Å²) < 4.78 is 0.332. The van der Waals surface area contributed by atoms with Gasteiger partial charge in [-0.3, -0.25) is 0 Å². The van der Waals surface area contributed by atoms with Crippen molar-refractivity contribution in [3.05, 3.63) is 94.1 Å². The van der Waals surface area contributed by atoms with E-state index >= 15 is 0 Å². The van der Waals surface area contributed by atoms with Crippen LogP contribution in [0.15, 0.2) is 77.4 Å². The largest absolute Gasteiger partial charge is 1.00 e. The number of aromatic nitrogens is 1. The Kier molecular flexibility index (Phi) is 6.68. The molecular formula is C24H18Cl2CrNS. The van der Waals surface area contributed by atoms with Gasteiger partial charge in [-0.15, -0.1) is 0 Å². The number of benzene rings is 2. The van der Waals surface area contributed by atoms with Crippen molar-refractivity contribution in [1.82, 2.24) is 4.98 Å². The first-order valence-corrected chi connectivity index (χ1v) is 10.7. The van der Waals surface area contributed by atoms with Crippen molar-refractivity contribution in [2.45, 2.75) is 18.0 Å². The summed E-state index contributed by atoms with van der Waals surface area (Å²) in [6.45, 7) is 4.44. The Morgan fingerprint density at radius 1 is 0.931 bits per heavy atom. The zero-order valence-electron chi connectivity index (χ0n) is 15.9. The number of rotatable bonds is 2. The van der Waals surface area contributed by atoms with Crippen molar-refractivity contribution in [1.29, 1.82) is 0 Å². The second kappa shape index (κ2) is 8.72. The van der Waals surface area contributed by atoms with Gasteiger partial charge in [-0.25, -0.2) is 0 Å². The van der Waals surface area contributed by atoms with E-state index < -0.39 is 0 Å². The number of hydrogen-bond donors (Lipinski definition) is 0. The van der Waals surface area contributed by atoms with Crippen molar-refractivity contribution >= 4 is 28.2 Å². The topological polar surface area (TPSA) is 12.9 Å². The Morgan fingerprint density at radius 3 is 2.45 bits per heavy atom. The molecule has 3 aromatic rings. The molecule has 5 heteroatoms. The van der Waals surface area contributed by atoms with E-state index in [1.54, 1.807) is 0 Å². The Morgan fingerprint density at radius 2 is 1.66 bits per heavy atom. The van der Waals surface area contributed by atoms with Gasteiger partial charge in [0.1, 0.15) is 0 Å². The summed E-state index contributed by atoms with van der Waals surface area (Å²) >= 11 is 5.31. The molecule has 1 unspecified atom stereocenters. The molecule has 29 heavy (non-hydrogen) atoms. The molecular weight excluding hydrogens is 457 g/mol. The summed E-state index contributed by atoms with van der Waals surface area (Å²) in [4.78, 5) is 6.10. The summed E-state index contributed by atoms with van der Waals surface area (Å²) in [6, 6.07) is 15.1. The molecule has 1 atom stereocenters. The van der Waals surface area contributed by atoms with E-state index in [0.29, 0.717) is 4.11 Å². The van der Waals surface area contributed by atoms with Gasteiger partial charge >= 0.3 is 173 Å². The molecule has 0 bridgehead atoms. The first-order valence-electron chi connectivity index (χ1n) is 9.05. The van der Waals surface area contributed by atoms with Gasteiger partial charge in [-0.1, -0.05) is 0 Å². The monoisotopic (exact) mass is 474 g/mol. The molecule has 0 saturated heterocycles. The normalized spacial score (nSPS) is 17.0. The van der Waals surface area contributed by atoms with Crippen LogP contribution in [-0.4, -0.2) is 9.10 Å². The number of aryl methyl sites for hydroxylation is 2. The molecule has 0 saturated carbocycles. The molecule has 145 valence electrons. The predicted octanol–water partition coefficient (Wildman–Crippen LogP) is 0.354. The number of fused-ring (bicyclic) bond motifs is 2. The number of para-hydroxylation sites is 1. The van der Waals surface area contributed by atoms with Crippen LogP contribution in [0, 0.1) is 13.8 Å². The molecule has 1 aromatic heterocycles. The molecule has 2 aromatic carbocycles. The zero-order valence-corrected chi connectivity index (χ0v) is 19.6. The Bertz CT molecular complexity index is 1190. The maximum atomic E-state index is 4.73. The second-order valence-corrected chi connectivity index (χ2v) is 9.37. The number of nitrogens with zero attached hydrogens (tertiary/aromatic N) is 1. The van der Waals surface area contributed by atoms with E-state index in [-0.39, 0.29) is 24.8 Å². The fraction of sp³-hybridized carbons (Fsp3) is 0.125. The standard InChI is InChI=1S/C24H18NS.2ClH.Cr/c1-15-11-12-16(2)23(20-14-26-21-10-4-8-18(20)21)22(15)19-9-3-6-17-7-5-13-25-24(17)19;;;/h3-14H,1-2H3;2*1H;/q;;;+2/p-2. The Balaban J connectivity index is 0.00000120. The van der Waals surface area contributed by atoms with Crippen LogP contribution in [0.5, 0.6) is 0 Å². The quantitative estimate of drug-likeness (QED) is 0.531. The van der Waals surface area contributed by atoms with E-state index in [2.05, 4.69) is 84.8 Å². The molecule has 5 rings (SSSR count). The third-order valence-electron chi connectivity index (χ3n) is 5.33. The van der Waals surface area contributed by atoms with Crippen molar-refractivity contribution in [3.63, 3.8) is 0 Å². The summed E-state index contributed by atoms with van der Waals surface area (Å²) in [5, 5.41) is 1.18. The first kappa shape index (κ1) is 22.2. The minimum absolute atomic E-state index is 0. The first-order chi connectivity index (χ1) is 13.1. The number of halogens is 2. The van der Waals surface area contributed by atoms with Crippen LogP contribution >= 0.6 is 11.8 Å². The Hall–Kier alpha value is -1.47. The average Bonchev–Trinajstić information content (AvgIpc) is 3.24. The van der Waals surface area contributed by atoms with Gasteiger partial charge in [-0.2, -0.15) is 0 Å². The van der Waals surface area contributed by atoms with E-state index in [9.17, 15) is 0 Å². The summed E-state index contributed by atoms with van der Waals surface area (Å²) in [5.74, 6) is 0. The number of thioether (sulfide) groups is 1. The van der Waals surface area contributed by atoms with Crippen LogP contribution in [-0.2, 0) is 16.3 Å². The van der Waals surface area contributed by atoms with Gasteiger partial charge in [0.2, 0.25) is 0 Å². The Labute approximate surface area is 196 Å². The van der Waals surface area contributed by atoms with Crippen molar-refractivity contribution in [2.75, 3.05) is 0 Å². The molecule has 1 aliphatic heterocycles. The van der Waals surface area contributed by atoms with Crippen LogP contribution in [0.4, 0.5) is 0 Å². The summed E-state index contributed by atoms with van der Waals surface area (Å²) in [5.41, 5.74) is 10.3. The van der Waals surface area contributed by atoms with E-state index in [0.717, 1.165) is 5.52 Å². The molecule has 0 radical (unpaired) electrons. The van der Waals surface area contributed by atoms with Crippen LogP contribution in [0.3, 0.4) is 0 Å². The van der Waals surface area contributed by atoms with Crippen molar-refractivity contribution in [3.8, 4) is 11.1 Å². The summed E-state index contributed by atoms with van der Waals surface area (Å²) in [6.07, 6.45) is 8.53. The molecule has 1 nitrogen and oxygen atoms in total. The van der Waals surface area contributed by atoms with E-state index in [4.69, 9.17) is 4.98 Å². The predicted molar refractivity (Wildman–Crippen MR) is 112 cm³/mol. The average molecular weight is 475 g/mol. The smallest absolute Gasteiger partial charge is 1.00 e. The minimum Gasteiger partial charge on any atom is -1.00 e. The molecule has 2 heterocycles. The van der Waals surface area contributed by atoms with E-state index in [1.807, 2.05) is 24.0 Å². The minimum atomic E-state index is 0. The molecule has 0 N–H and O–H groups in total. The fourth-order valence-electron chi connectivity index (χ4n) is 4.09. The van der Waals surface area contributed by atoms with Crippen LogP contribution in [0.25, 0.3) is 27.6 Å². The maximum Gasteiger partial charge on any atom is -1.00 e. The molecule has 1 aliphatic carbocycles. The molecule has 2 aliphatic rings. The number of hydrogen-bond acceptors (Lipinski definition) is 2. The van der Waals surface area contributed by atoms with Gasteiger partial charge in [0.05, 0.1) is 0 Å².